The highest BCUT2D eigenvalue weighted by Gasteiger charge is 2.08. The smallest absolute Gasteiger partial charge is 0.151 e. The molecule has 2 aromatic heterocycles. The minimum Gasteiger partial charge on any atom is -0.240 e. The van der Waals surface area contributed by atoms with Gasteiger partial charge in [0.2, 0.25) is 0 Å². The Bertz CT molecular complexity index is 947. The van der Waals surface area contributed by atoms with Crippen molar-refractivity contribution >= 4 is 56.3 Å². The molecule has 0 atom stereocenters. The highest BCUT2D eigenvalue weighted by Crippen LogP contribution is 2.33. The minimum atomic E-state index is 0.728. The van der Waals surface area contributed by atoms with Gasteiger partial charge in [0.1, 0.15) is 5.01 Å². The molecule has 0 saturated carbocycles. The van der Waals surface area contributed by atoms with E-state index >= 15 is 0 Å². The van der Waals surface area contributed by atoms with Crippen LogP contribution >= 0.6 is 46.0 Å². The number of aromatic nitrogens is 2. The van der Waals surface area contributed by atoms with E-state index in [9.17, 15) is 0 Å². The molecule has 2 heterocycles. The number of hydrogen-bond donors (Lipinski definition) is 0. The summed E-state index contributed by atoms with van der Waals surface area (Å²) in [6.07, 6.45) is 0. The molecule has 0 unspecified atom stereocenters. The molecule has 0 aliphatic heterocycles. The Kier molecular flexibility index (Phi) is 4.35. The van der Waals surface area contributed by atoms with Crippen LogP contribution in [0.25, 0.3) is 20.8 Å². The molecule has 23 heavy (non-hydrogen) atoms. The van der Waals surface area contributed by atoms with Crippen molar-refractivity contribution in [3.05, 3.63) is 64.6 Å². The van der Waals surface area contributed by atoms with Crippen LogP contribution in [-0.2, 0) is 5.75 Å². The standard InChI is InChI=1S/C17H11ClN2S3/c18-12-6-7-15-14(8-12)20-17(23-15)22-10-13-9-21-16(19-13)11-4-2-1-3-5-11/h1-9H,10H2. The lowest BCUT2D eigenvalue weighted by Crippen LogP contribution is -1.81. The van der Waals surface area contributed by atoms with Crippen LogP contribution in [-0.4, -0.2) is 9.97 Å². The molecule has 114 valence electrons. The largest absolute Gasteiger partial charge is 0.240 e. The SMILES string of the molecule is Clc1ccc2sc(SCc3csc(-c4ccccc4)n3)nc2c1. The maximum atomic E-state index is 6.01. The van der Waals surface area contributed by atoms with Gasteiger partial charge in [-0.2, -0.15) is 0 Å². The summed E-state index contributed by atoms with van der Waals surface area (Å²) < 4.78 is 2.22. The van der Waals surface area contributed by atoms with Crippen molar-refractivity contribution in [3.8, 4) is 10.6 Å². The fraction of sp³-hybridized carbons (Fsp3) is 0.0588. The lowest BCUT2D eigenvalue weighted by Gasteiger charge is -1.95. The lowest BCUT2D eigenvalue weighted by atomic mass is 10.2. The number of hydrogen-bond acceptors (Lipinski definition) is 5. The Morgan fingerprint density at radius 2 is 1.91 bits per heavy atom. The van der Waals surface area contributed by atoms with Crippen LogP contribution in [0.5, 0.6) is 0 Å². The third-order valence-corrected chi connectivity index (χ3v) is 6.63. The lowest BCUT2D eigenvalue weighted by molar-refractivity contribution is 1.22. The van der Waals surface area contributed by atoms with E-state index in [0.717, 1.165) is 31.3 Å². The molecule has 0 aliphatic rings. The molecule has 4 aromatic rings. The Morgan fingerprint density at radius 3 is 2.78 bits per heavy atom. The molecule has 0 spiro atoms. The predicted molar refractivity (Wildman–Crippen MR) is 102 cm³/mol. The van der Waals surface area contributed by atoms with Crippen molar-refractivity contribution < 1.29 is 0 Å². The van der Waals surface area contributed by atoms with E-state index < -0.39 is 0 Å². The molecule has 0 amide bonds. The van der Waals surface area contributed by atoms with Crippen LogP contribution < -0.4 is 0 Å². The fourth-order valence-corrected chi connectivity index (χ4v) is 5.20. The average molecular weight is 375 g/mol. The maximum absolute atomic E-state index is 6.01. The fourth-order valence-electron chi connectivity index (χ4n) is 2.16. The molecular formula is C17H11ClN2S3. The Morgan fingerprint density at radius 1 is 1.04 bits per heavy atom. The van der Waals surface area contributed by atoms with Crippen molar-refractivity contribution in [2.45, 2.75) is 10.1 Å². The first kappa shape index (κ1) is 15.1. The molecule has 2 aromatic carbocycles. The van der Waals surface area contributed by atoms with Crippen LogP contribution in [0, 0.1) is 0 Å². The van der Waals surface area contributed by atoms with E-state index in [1.807, 2.05) is 36.4 Å². The van der Waals surface area contributed by atoms with Gasteiger partial charge in [0.05, 0.1) is 15.9 Å². The van der Waals surface area contributed by atoms with E-state index in [4.69, 9.17) is 16.6 Å². The van der Waals surface area contributed by atoms with Gasteiger partial charge in [-0.3, -0.25) is 0 Å². The van der Waals surface area contributed by atoms with Crippen molar-refractivity contribution in [2.24, 2.45) is 0 Å². The predicted octanol–water partition coefficient (Wildman–Crippen LogP) is 6.37. The van der Waals surface area contributed by atoms with E-state index in [-0.39, 0.29) is 0 Å². The Hall–Kier alpha value is -1.40. The first-order valence-corrected chi connectivity index (χ1v) is 10.0. The van der Waals surface area contributed by atoms with Gasteiger partial charge in [-0.25, -0.2) is 9.97 Å². The van der Waals surface area contributed by atoms with Gasteiger partial charge in [0, 0.05) is 21.7 Å². The van der Waals surface area contributed by atoms with Gasteiger partial charge in [-0.05, 0) is 18.2 Å². The van der Waals surface area contributed by atoms with Gasteiger partial charge >= 0.3 is 0 Å². The van der Waals surface area contributed by atoms with Gasteiger partial charge in [-0.1, -0.05) is 53.7 Å². The van der Waals surface area contributed by atoms with Crippen molar-refractivity contribution in [3.63, 3.8) is 0 Å². The zero-order valence-corrected chi connectivity index (χ0v) is 15.1. The number of thiazole rings is 2. The minimum absolute atomic E-state index is 0.728. The second-order valence-electron chi connectivity index (χ2n) is 4.89. The number of thioether (sulfide) groups is 1. The van der Waals surface area contributed by atoms with E-state index in [1.54, 1.807) is 34.4 Å². The zero-order valence-electron chi connectivity index (χ0n) is 11.9. The van der Waals surface area contributed by atoms with Gasteiger partial charge in [0.15, 0.2) is 4.34 Å². The Balaban J connectivity index is 1.49. The van der Waals surface area contributed by atoms with E-state index in [0.29, 0.717) is 0 Å². The second kappa shape index (κ2) is 6.61. The summed E-state index contributed by atoms with van der Waals surface area (Å²) in [5, 5.41) is 3.92. The third-order valence-electron chi connectivity index (χ3n) is 3.25. The average Bonchev–Trinajstić information content (AvgIpc) is 3.20. The van der Waals surface area contributed by atoms with Gasteiger partial charge in [-0.15, -0.1) is 22.7 Å². The number of nitrogens with zero attached hydrogens (tertiary/aromatic N) is 2. The highest BCUT2D eigenvalue weighted by molar-refractivity contribution is 8.00. The summed E-state index contributed by atoms with van der Waals surface area (Å²) in [5.41, 5.74) is 3.23. The summed E-state index contributed by atoms with van der Waals surface area (Å²) in [7, 11) is 0. The van der Waals surface area contributed by atoms with Crippen LogP contribution in [0.2, 0.25) is 5.02 Å². The maximum Gasteiger partial charge on any atom is 0.151 e. The summed E-state index contributed by atoms with van der Waals surface area (Å²) in [6.45, 7) is 0. The molecule has 0 bridgehead atoms. The number of halogens is 1. The second-order valence-corrected chi connectivity index (χ2v) is 8.44. The van der Waals surface area contributed by atoms with Crippen LogP contribution in [0.15, 0.2) is 58.3 Å². The van der Waals surface area contributed by atoms with Crippen molar-refractivity contribution in [2.75, 3.05) is 0 Å². The van der Waals surface area contributed by atoms with Crippen molar-refractivity contribution in [1.29, 1.82) is 0 Å². The molecule has 0 saturated heterocycles. The molecule has 4 rings (SSSR count). The molecule has 0 N–H and O–H groups in total. The van der Waals surface area contributed by atoms with E-state index in [2.05, 4.69) is 22.5 Å². The van der Waals surface area contributed by atoms with Crippen LogP contribution in [0.3, 0.4) is 0 Å². The monoisotopic (exact) mass is 374 g/mol. The van der Waals surface area contributed by atoms with Gasteiger partial charge < -0.3 is 0 Å². The van der Waals surface area contributed by atoms with E-state index in [1.165, 1.54) is 10.3 Å². The first-order valence-electron chi connectivity index (χ1n) is 6.97. The highest BCUT2D eigenvalue weighted by atomic mass is 35.5. The first-order chi connectivity index (χ1) is 11.3. The van der Waals surface area contributed by atoms with Crippen LogP contribution in [0.4, 0.5) is 0 Å². The summed E-state index contributed by atoms with van der Waals surface area (Å²) >= 11 is 11.1. The zero-order chi connectivity index (χ0) is 15.6. The summed E-state index contributed by atoms with van der Waals surface area (Å²) in [6, 6.07) is 16.1. The molecule has 0 fully saturated rings. The molecular weight excluding hydrogens is 364 g/mol. The Labute approximate surface area is 151 Å². The number of rotatable bonds is 4. The van der Waals surface area contributed by atoms with Gasteiger partial charge in [0.25, 0.3) is 0 Å². The van der Waals surface area contributed by atoms with Crippen LogP contribution in [0.1, 0.15) is 5.69 Å². The molecule has 2 nitrogen and oxygen atoms in total. The molecule has 6 heteroatoms. The summed E-state index contributed by atoms with van der Waals surface area (Å²) in [5.74, 6) is 0.830. The topological polar surface area (TPSA) is 25.8 Å². The molecule has 0 radical (unpaired) electrons. The summed E-state index contributed by atoms with van der Waals surface area (Å²) in [4.78, 5) is 9.34. The quantitative estimate of drug-likeness (QED) is 0.388. The van der Waals surface area contributed by atoms with Crippen molar-refractivity contribution in [1.82, 2.24) is 9.97 Å². The number of fused-ring (bicyclic) bond motifs is 1. The third kappa shape index (κ3) is 3.43. The molecule has 0 aliphatic carbocycles. The normalized spacial score (nSPS) is 11.2. The number of benzene rings is 2.